The zero-order valence-corrected chi connectivity index (χ0v) is 17.0. The van der Waals surface area contributed by atoms with Gasteiger partial charge in [-0.15, -0.1) is 0 Å². The standard InChI is InChI=1S/C19H19Cl2NO4S/c1-26-17-4-2-3-13(9-17)19(23)22(16-7-8-27(24,25)12-16)11-14-5-6-15(20)10-18(14)21/h2-6,9-10,16H,7-8,11-12H2,1H3/t16-/m0/s1. The van der Waals surface area contributed by atoms with Crippen LogP contribution < -0.4 is 4.74 Å². The van der Waals surface area contributed by atoms with Crippen molar-refractivity contribution in [2.75, 3.05) is 18.6 Å². The van der Waals surface area contributed by atoms with E-state index >= 15 is 0 Å². The van der Waals surface area contributed by atoms with Crippen molar-refractivity contribution in [3.63, 3.8) is 0 Å². The Bertz CT molecular complexity index is 962. The van der Waals surface area contributed by atoms with Crippen molar-refractivity contribution in [2.24, 2.45) is 0 Å². The van der Waals surface area contributed by atoms with E-state index in [0.717, 1.165) is 0 Å². The molecule has 27 heavy (non-hydrogen) atoms. The molecule has 2 aromatic carbocycles. The summed E-state index contributed by atoms with van der Waals surface area (Å²) in [5, 5.41) is 0.935. The minimum atomic E-state index is -3.15. The number of rotatable bonds is 5. The topological polar surface area (TPSA) is 63.7 Å². The minimum absolute atomic E-state index is 0.0477. The Kier molecular flexibility index (Phi) is 5.99. The van der Waals surface area contributed by atoms with E-state index in [-0.39, 0.29) is 24.0 Å². The third-order valence-electron chi connectivity index (χ3n) is 4.58. The van der Waals surface area contributed by atoms with Crippen molar-refractivity contribution >= 4 is 38.9 Å². The maximum absolute atomic E-state index is 13.2. The Morgan fingerprint density at radius 2 is 2.00 bits per heavy atom. The fourth-order valence-electron chi connectivity index (χ4n) is 3.14. The van der Waals surface area contributed by atoms with Crippen LogP contribution in [0.15, 0.2) is 42.5 Å². The van der Waals surface area contributed by atoms with Crippen molar-refractivity contribution in [3.05, 3.63) is 63.6 Å². The van der Waals surface area contributed by atoms with Gasteiger partial charge in [-0.3, -0.25) is 4.79 Å². The maximum atomic E-state index is 13.2. The summed E-state index contributed by atoms with van der Waals surface area (Å²) in [4.78, 5) is 14.8. The number of ether oxygens (including phenoxy) is 1. The lowest BCUT2D eigenvalue weighted by Gasteiger charge is -2.29. The smallest absolute Gasteiger partial charge is 0.254 e. The fraction of sp³-hybridized carbons (Fsp3) is 0.316. The number of hydrogen-bond acceptors (Lipinski definition) is 4. The predicted octanol–water partition coefficient (Wildman–Crippen LogP) is 3.83. The third-order valence-corrected chi connectivity index (χ3v) is 6.92. The molecule has 144 valence electrons. The van der Waals surface area contributed by atoms with Crippen molar-refractivity contribution in [1.82, 2.24) is 4.90 Å². The van der Waals surface area contributed by atoms with Crippen molar-refractivity contribution in [3.8, 4) is 5.75 Å². The molecule has 1 atom stereocenters. The highest BCUT2D eigenvalue weighted by Gasteiger charge is 2.35. The van der Waals surface area contributed by atoms with Gasteiger partial charge < -0.3 is 9.64 Å². The highest BCUT2D eigenvalue weighted by molar-refractivity contribution is 7.91. The molecule has 5 nitrogen and oxygen atoms in total. The Hall–Kier alpha value is -1.76. The van der Waals surface area contributed by atoms with Crippen LogP contribution in [0.5, 0.6) is 5.75 Å². The van der Waals surface area contributed by atoms with Crippen molar-refractivity contribution < 1.29 is 17.9 Å². The minimum Gasteiger partial charge on any atom is -0.497 e. The summed E-state index contributed by atoms with van der Waals surface area (Å²) in [6, 6.07) is 11.5. The summed E-state index contributed by atoms with van der Waals surface area (Å²) < 4.78 is 29.1. The van der Waals surface area contributed by atoms with Crippen LogP contribution in [-0.2, 0) is 16.4 Å². The molecule has 1 saturated heterocycles. The van der Waals surface area contributed by atoms with Gasteiger partial charge in [0.2, 0.25) is 0 Å². The molecule has 0 spiro atoms. The van der Waals surface area contributed by atoms with E-state index < -0.39 is 15.9 Å². The average molecular weight is 428 g/mol. The third kappa shape index (κ3) is 4.75. The van der Waals surface area contributed by atoms with E-state index in [1.54, 1.807) is 47.4 Å². The second kappa shape index (κ2) is 8.09. The molecule has 1 heterocycles. The van der Waals surface area contributed by atoms with Gasteiger partial charge in [-0.05, 0) is 42.3 Å². The second-order valence-electron chi connectivity index (χ2n) is 6.46. The van der Waals surface area contributed by atoms with Gasteiger partial charge in [0.1, 0.15) is 5.75 Å². The van der Waals surface area contributed by atoms with Gasteiger partial charge in [0.05, 0.1) is 18.6 Å². The first kappa shape index (κ1) is 20.0. The lowest BCUT2D eigenvalue weighted by Crippen LogP contribution is -2.40. The van der Waals surface area contributed by atoms with Crippen molar-refractivity contribution in [1.29, 1.82) is 0 Å². The van der Waals surface area contributed by atoms with Crippen LogP contribution in [0.25, 0.3) is 0 Å². The largest absolute Gasteiger partial charge is 0.497 e. The van der Waals surface area contributed by atoms with Crippen molar-refractivity contribution in [2.45, 2.75) is 19.0 Å². The lowest BCUT2D eigenvalue weighted by atomic mass is 10.1. The number of carbonyl (C=O) groups is 1. The van der Waals surface area contributed by atoms with E-state index in [9.17, 15) is 13.2 Å². The van der Waals surface area contributed by atoms with Crippen LogP contribution in [0.3, 0.4) is 0 Å². The summed E-state index contributed by atoms with van der Waals surface area (Å²) >= 11 is 12.2. The highest BCUT2D eigenvalue weighted by atomic mass is 35.5. The predicted molar refractivity (Wildman–Crippen MR) is 106 cm³/mol. The maximum Gasteiger partial charge on any atom is 0.254 e. The van der Waals surface area contributed by atoms with Crippen LogP contribution in [-0.4, -0.2) is 43.9 Å². The van der Waals surface area contributed by atoms with Crippen LogP contribution in [0, 0.1) is 0 Å². The number of carbonyl (C=O) groups excluding carboxylic acids is 1. The number of benzene rings is 2. The molecule has 2 aromatic rings. The molecule has 0 radical (unpaired) electrons. The number of sulfone groups is 1. The summed E-state index contributed by atoms with van der Waals surface area (Å²) in [7, 11) is -1.62. The Labute approximate surface area is 168 Å². The first-order valence-electron chi connectivity index (χ1n) is 8.38. The zero-order chi connectivity index (χ0) is 19.6. The highest BCUT2D eigenvalue weighted by Crippen LogP contribution is 2.27. The van der Waals surface area contributed by atoms with Gasteiger partial charge in [-0.25, -0.2) is 8.42 Å². The fourth-order valence-corrected chi connectivity index (χ4v) is 5.34. The molecule has 0 aromatic heterocycles. The quantitative estimate of drug-likeness (QED) is 0.726. The van der Waals surface area contributed by atoms with Gasteiger partial charge in [-0.1, -0.05) is 35.3 Å². The molecule has 0 saturated carbocycles. The molecule has 0 unspecified atom stereocenters. The molecule has 0 bridgehead atoms. The van der Waals surface area contributed by atoms with Gasteiger partial charge in [0, 0.05) is 28.2 Å². The monoisotopic (exact) mass is 427 g/mol. The van der Waals surface area contributed by atoms with E-state index in [2.05, 4.69) is 0 Å². The number of amides is 1. The molecule has 1 aliphatic rings. The molecule has 3 rings (SSSR count). The molecule has 1 fully saturated rings. The molecule has 0 aliphatic carbocycles. The van der Waals surface area contributed by atoms with Crippen LogP contribution in [0.1, 0.15) is 22.3 Å². The normalized spacial score (nSPS) is 18.3. The van der Waals surface area contributed by atoms with Crippen LogP contribution in [0.4, 0.5) is 0 Å². The van der Waals surface area contributed by atoms with Gasteiger partial charge in [-0.2, -0.15) is 0 Å². The number of methoxy groups -OCH3 is 1. The summed E-state index contributed by atoms with van der Waals surface area (Å²) in [6.07, 6.45) is 0.406. The first-order chi connectivity index (χ1) is 12.8. The summed E-state index contributed by atoms with van der Waals surface area (Å²) in [6.45, 7) is 0.201. The second-order valence-corrected chi connectivity index (χ2v) is 9.53. The van der Waals surface area contributed by atoms with E-state index in [4.69, 9.17) is 27.9 Å². The molecular weight excluding hydrogens is 409 g/mol. The molecule has 1 aliphatic heterocycles. The molecule has 0 N–H and O–H groups in total. The number of nitrogens with zero attached hydrogens (tertiary/aromatic N) is 1. The Balaban J connectivity index is 1.95. The molecule has 8 heteroatoms. The number of hydrogen-bond donors (Lipinski definition) is 0. The Morgan fingerprint density at radius 1 is 1.22 bits per heavy atom. The van der Waals surface area contributed by atoms with Crippen LogP contribution >= 0.6 is 23.2 Å². The van der Waals surface area contributed by atoms with Crippen LogP contribution in [0.2, 0.25) is 10.0 Å². The van der Waals surface area contributed by atoms with E-state index in [1.165, 1.54) is 7.11 Å². The van der Waals surface area contributed by atoms with Gasteiger partial charge in [0.15, 0.2) is 9.84 Å². The summed E-state index contributed by atoms with van der Waals surface area (Å²) in [5.74, 6) is 0.327. The van der Waals surface area contributed by atoms with Gasteiger partial charge >= 0.3 is 0 Å². The molecule has 1 amide bonds. The Morgan fingerprint density at radius 3 is 2.63 bits per heavy atom. The summed E-state index contributed by atoms with van der Waals surface area (Å²) in [5.41, 5.74) is 1.14. The SMILES string of the molecule is COc1cccc(C(=O)N(Cc2ccc(Cl)cc2Cl)[C@H]2CCS(=O)(=O)C2)c1. The molecular formula is C19H19Cl2NO4S. The number of halogens is 2. The lowest BCUT2D eigenvalue weighted by molar-refractivity contribution is 0.0680. The van der Waals surface area contributed by atoms with E-state index in [0.29, 0.717) is 33.3 Å². The van der Waals surface area contributed by atoms with Gasteiger partial charge in [0.25, 0.3) is 5.91 Å². The average Bonchev–Trinajstić information content (AvgIpc) is 3.00. The van der Waals surface area contributed by atoms with E-state index in [1.807, 2.05) is 0 Å². The zero-order valence-electron chi connectivity index (χ0n) is 14.7. The first-order valence-corrected chi connectivity index (χ1v) is 11.0.